The maximum absolute atomic E-state index is 13.0. The summed E-state index contributed by atoms with van der Waals surface area (Å²) >= 11 is 0. The highest BCUT2D eigenvalue weighted by Gasteiger charge is 2.24. The van der Waals surface area contributed by atoms with Gasteiger partial charge in [-0.2, -0.15) is 0 Å². The summed E-state index contributed by atoms with van der Waals surface area (Å²) < 4.78 is 8.39. The molecule has 0 fully saturated rings. The highest BCUT2D eigenvalue weighted by Crippen LogP contribution is 2.16. The van der Waals surface area contributed by atoms with Crippen LogP contribution < -0.4 is 21.6 Å². The third-order valence-corrected chi connectivity index (χ3v) is 4.33. The predicted octanol–water partition coefficient (Wildman–Crippen LogP) is 0.766. The molecule has 4 heterocycles. The minimum Gasteiger partial charge on any atom is -0.466 e. The largest absolute Gasteiger partial charge is 0.466 e. The molecule has 0 unspecified atom stereocenters. The van der Waals surface area contributed by atoms with Crippen LogP contribution in [0.15, 0.2) is 52.0 Å². The van der Waals surface area contributed by atoms with Crippen molar-refractivity contribution in [2.24, 2.45) is 5.73 Å². The highest BCUT2D eigenvalue weighted by atomic mass is 16.3. The summed E-state index contributed by atoms with van der Waals surface area (Å²) in [7, 11) is 0. The van der Waals surface area contributed by atoms with Gasteiger partial charge in [0.25, 0.3) is 17.1 Å². The van der Waals surface area contributed by atoms with Crippen LogP contribution in [-0.2, 0) is 6.54 Å². The molecule has 4 aromatic rings. The van der Waals surface area contributed by atoms with Crippen LogP contribution >= 0.6 is 0 Å². The van der Waals surface area contributed by atoms with E-state index in [0.29, 0.717) is 17.1 Å². The SMILES string of the molecule is Cc1cccn2c(=O)c3cc(C(N)=O)c(N)[n+](Cc4ccco4)c3nc12. The Balaban J connectivity index is 2.16. The van der Waals surface area contributed by atoms with Crippen molar-refractivity contribution in [2.75, 3.05) is 5.73 Å². The average Bonchev–Trinajstić information content (AvgIpc) is 3.11. The molecule has 130 valence electrons. The Labute approximate surface area is 147 Å². The van der Waals surface area contributed by atoms with E-state index in [9.17, 15) is 9.59 Å². The summed E-state index contributed by atoms with van der Waals surface area (Å²) in [6.45, 7) is 2.08. The molecule has 1 amide bonds. The van der Waals surface area contributed by atoms with Crippen LogP contribution in [0.1, 0.15) is 21.7 Å². The van der Waals surface area contributed by atoms with Crippen LogP contribution in [0.3, 0.4) is 0 Å². The average molecular weight is 350 g/mol. The lowest BCUT2D eigenvalue weighted by Crippen LogP contribution is -2.42. The van der Waals surface area contributed by atoms with Gasteiger partial charge < -0.3 is 15.9 Å². The smallest absolute Gasteiger partial charge is 0.278 e. The molecule has 8 nitrogen and oxygen atoms in total. The summed E-state index contributed by atoms with van der Waals surface area (Å²) in [5.74, 6) is 0.0222. The van der Waals surface area contributed by atoms with Gasteiger partial charge in [-0.15, -0.1) is 0 Å². The van der Waals surface area contributed by atoms with Crippen LogP contribution in [0.5, 0.6) is 0 Å². The van der Waals surface area contributed by atoms with Gasteiger partial charge in [0.2, 0.25) is 11.5 Å². The standard InChI is InChI=1S/C18H15N5O3/c1-10-4-2-6-22-16(10)21-17-13(18(22)25)8-12(15(20)24)14(19)23(17)9-11-5-3-7-26-11/h2-8,19H,9H2,1H3,(H2,20,24)/p+1. The second-order valence-electron chi connectivity index (χ2n) is 6.01. The molecule has 0 aliphatic carbocycles. The number of primary amides is 1. The van der Waals surface area contributed by atoms with E-state index in [-0.39, 0.29) is 28.9 Å². The Morgan fingerprint density at radius 2 is 2.15 bits per heavy atom. The number of nitrogen functional groups attached to an aromatic ring is 1. The number of amides is 1. The predicted molar refractivity (Wildman–Crippen MR) is 94.6 cm³/mol. The number of furan rings is 1. The van der Waals surface area contributed by atoms with Crippen molar-refractivity contribution in [3.8, 4) is 0 Å². The monoisotopic (exact) mass is 350 g/mol. The van der Waals surface area contributed by atoms with Crippen molar-refractivity contribution in [2.45, 2.75) is 13.5 Å². The number of fused-ring (bicyclic) bond motifs is 2. The number of hydrogen-bond acceptors (Lipinski definition) is 5. The Morgan fingerprint density at radius 1 is 1.35 bits per heavy atom. The van der Waals surface area contributed by atoms with E-state index < -0.39 is 5.91 Å². The van der Waals surface area contributed by atoms with Crippen LogP contribution in [-0.4, -0.2) is 15.3 Å². The van der Waals surface area contributed by atoms with E-state index in [0.717, 1.165) is 5.56 Å². The Kier molecular flexibility index (Phi) is 3.47. The molecule has 0 atom stereocenters. The fourth-order valence-corrected chi connectivity index (χ4v) is 3.03. The summed E-state index contributed by atoms with van der Waals surface area (Å²) in [5.41, 5.74) is 13.1. The van der Waals surface area contributed by atoms with Gasteiger partial charge >= 0.3 is 0 Å². The molecule has 8 heteroatoms. The number of carbonyl (C=O) groups excluding carboxylic acids is 1. The van der Waals surface area contributed by atoms with Crippen LogP contribution in [0.25, 0.3) is 16.7 Å². The molecule has 26 heavy (non-hydrogen) atoms. The van der Waals surface area contributed by atoms with E-state index in [1.54, 1.807) is 29.0 Å². The number of hydrogen-bond donors (Lipinski definition) is 2. The van der Waals surface area contributed by atoms with Crippen LogP contribution in [0.2, 0.25) is 0 Å². The second kappa shape index (κ2) is 5.69. The molecule has 4 aromatic heterocycles. The van der Waals surface area contributed by atoms with Crippen LogP contribution in [0, 0.1) is 6.92 Å². The van der Waals surface area contributed by atoms with Crippen molar-refractivity contribution in [1.82, 2.24) is 9.38 Å². The van der Waals surface area contributed by atoms with E-state index in [1.807, 2.05) is 13.0 Å². The molecule has 0 bridgehead atoms. The summed E-state index contributed by atoms with van der Waals surface area (Å²) in [6, 6.07) is 8.55. The number of pyridine rings is 2. The first-order valence-electron chi connectivity index (χ1n) is 7.93. The lowest BCUT2D eigenvalue weighted by atomic mass is 10.1. The summed E-state index contributed by atoms with van der Waals surface area (Å²) in [5, 5.41) is 0.252. The Bertz CT molecular complexity index is 1230. The number of rotatable bonds is 3. The fourth-order valence-electron chi connectivity index (χ4n) is 3.03. The van der Waals surface area contributed by atoms with Crippen LogP contribution in [0.4, 0.5) is 5.82 Å². The van der Waals surface area contributed by atoms with E-state index in [2.05, 4.69) is 4.98 Å². The molecular formula is C18H16N5O3+. The first-order chi connectivity index (χ1) is 12.5. The summed E-state index contributed by atoms with van der Waals surface area (Å²) in [4.78, 5) is 29.4. The maximum Gasteiger partial charge on any atom is 0.278 e. The first-order valence-corrected chi connectivity index (χ1v) is 7.93. The third kappa shape index (κ3) is 2.31. The zero-order valence-corrected chi connectivity index (χ0v) is 14.0. The topological polar surface area (TPSA) is 120 Å². The lowest BCUT2D eigenvalue weighted by molar-refractivity contribution is -0.651. The molecule has 0 aromatic carbocycles. The van der Waals surface area contributed by atoms with Crippen molar-refractivity contribution in [3.05, 3.63) is 70.0 Å². The van der Waals surface area contributed by atoms with E-state index >= 15 is 0 Å². The van der Waals surface area contributed by atoms with Gasteiger partial charge in [0.15, 0.2) is 0 Å². The van der Waals surface area contributed by atoms with E-state index in [1.165, 1.54) is 16.7 Å². The quantitative estimate of drug-likeness (QED) is 0.417. The number of anilines is 1. The van der Waals surface area contributed by atoms with Gasteiger partial charge in [-0.3, -0.25) is 14.0 Å². The fraction of sp³-hybridized carbons (Fsp3) is 0.111. The zero-order valence-electron chi connectivity index (χ0n) is 14.0. The van der Waals surface area contributed by atoms with E-state index in [4.69, 9.17) is 15.9 Å². The first kappa shape index (κ1) is 15.8. The summed E-state index contributed by atoms with van der Waals surface area (Å²) in [6.07, 6.45) is 3.17. The molecule has 4 N–H and O–H groups in total. The number of aromatic nitrogens is 3. The van der Waals surface area contributed by atoms with Crippen molar-refractivity contribution < 1.29 is 13.8 Å². The van der Waals surface area contributed by atoms with Gasteiger partial charge in [-0.25, -0.2) is 4.57 Å². The zero-order chi connectivity index (χ0) is 18.4. The maximum atomic E-state index is 13.0. The van der Waals surface area contributed by atoms with Gasteiger partial charge in [-0.1, -0.05) is 11.1 Å². The molecule has 0 aliphatic rings. The van der Waals surface area contributed by atoms with Crippen molar-refractivity contribution >= 4 is 28.4 Å². The van der Waals surface area contributed by atoms with Crippen molar-refractivity contribution in [3.63, 3.8) is 0 Å². The normalized spacial score (nSPS) is 11.3. The lowest BCUT2D eigenvalue weighted by Gasteiger charge is -2.10. The van der Waals surface area contributed by atoms with Gasteiger partial charge in [0.1, 0.15) is 23.3 Å². The number of aryl methyl sites for hydroxylation is 1. The van der Waals surface area contributed by atoms with Gasteiger partial charge in [0.05, 0.1) is 6.26 Å². The number of nitrogens with two attached hydrogens (primary N) is 2. The Morgan fingerprint density at radius 3 is 2.85 bits per heavy atom. The molecular weight excluding hydrogens is 334 g/mol. The third-order valence-electron chi connectivity index (χ3n) is 4.33. The van der Waals surface area contributed by atoms with Gasteiger partial charge in [-0.05, 0) is 31.2 Å². The highest BCUT2D eigenvalue weighted by molar-refractivity contribution is 5.99. The number of nitrogens with zero attached hydrogens (tertiary/aromatic N) is 3. The molecule has 0 saturated heterocycles. The molecule has 0 radical (unpaired) electrons. The molecule has 0 saturated carbocycles. The molecule has 4 rings (SSSR count). The van der Waals surface area contributed by atoms with Crippen molar-refractivity contribution in [1.29, 1.82) is 0 Å². The minimum atomic E-state index is -0.716. The molecule has 0 spiro atoms. The second-order valence-corrected chi connectivity index (χ2v) is 6.01. The van der Waals surface area contributed by atoms with Gasteiger partial charge in [0, 0.05) is 11.8 Å². The minimum absolute atomic E-state index is 0.0653. The number of carbonyl (C=O) groups is 1. The molecule has 0 aliphatic heterocycles. The Hall–Kier alpha value is -3.68.